The lowest BCUT2D eigenvalue weighted by Crippen LogP contribution is -2.69. The molecule has 40 nitrogen and oxygen atoms in total. The molecule has 0 saturated carbocycles. The first-order valence-electron chi connectivity index (χ1n) is 28.1. The Balaban J connectivity index is 0.975. The second-order valence-corrected chi connectivity index (χ2v) is 22.5. The maximum absolute atomic E-state index is 11.4. The van der Waals surface area contributed by atoms with E-state index in [1.807, 2.05) is 0 Å². The third-order valence-electron chi connectivity index (χ3n) is 16.9. The van der Waals surface area contributed by atoms with Gasteiger partial charge in [-0.25, -0.2) is 0 Å². The van der Waals surface area contributed by atoms with Gasteiger partial charge in [0.05, 0.1) is 52.9 Å². The molecule has 30 saturated heterocycles. The standard InChI is InChI=1S/C48H80O40/c49-1-9-33-17(57)25(65)41(73-9)82-34-10(2-50)75-43(27(67)19(34)59)84-36-12(4-52)77-45(29(69)21(36)61)86-38-14(6-54)79-47(31(71)23(38)63)88-40-16(8-56)80-48(32(72)24(40)64)87-39-15(7-55)78-46(30(70)22(39)62)85-37-13(5-53)76-44(28(68)20(37)60)83-35-11(3-51)74-42(81-33)26(66)18(35)58/h9-72H,1-8H2/t9?,10?,11?,12?,13?,14?,15?,16?,17-,18-,19-,20-,21-,22-,23-,24-,25+,26?,27?,28?,29?,30?,31?,32?,33-,34-,35-,36-,37-,38-,39-,40-,41?,42-,43-,44-,45+,46-,47-,48-/m1/s1. The number of hydrogen-bond acceptors (Lipinski definition) is 40. The lowest BCUT2D eigenvalue weighted by Gasteiger charge is -2.50. The summed E-state index contributed by atoms with van der Waals surface area (Å²) in [5, 5.41) is 265. The van der Waals surface area contributed by atoms with Crippen molar-refractivity contribution in [3.8, 4) is 0 Å². The molecule has 40 heteroatoms. The Morgan fingerprint density at radius 1 is 0.136 bits per heavy atom. The molecule has 0 aromatic carbocycles. The number of ether oxygens (including phenoxy) is 16. The van der Waals surface area contributed by atoms with Gasteiger partial charge in [0.2, 0.25) is 0 Å². The summed E-state index contributed by atoms with van der Waals surface area (Å²) < 4.78 is 91.1. The van der Waals surface area contributed by atoms with E-state index in [1.54, 1.807) is 0 Å². The smallest absolute Gasteiger partial charge is 0.187 e. The highest BCUT2D eigenvalue weighted by molar-refractivity contribution is 5.02. The van der Waals surface area contributed by atoms with Crippen LogP contribution in [0.1, 0.15) is 0 Å². The first-order valence-corrected chi connectivity index (χ1v) is 28.1. The second-order valence-electron chi connectivity index (χ2n) is 22.5. The Labute approximate surface area is 496 Å². The summed E-state index contributed by atoms with van der Waals surface area (Å²) in [6.45, 7) is -8.64. The monoisotopic (exact) mass is 1300 g/mol. The number of rotatable bonds is 8. The Hall–Kier alpha value is -1.60. The number of hydrogen-bond donors (Lipinski definition) is 24. The van der Waals surface area contributed by atoms with E-state index >= 15 is 0 Å². The van der Waals surface area contributed by atoms with Crippen LogP contribution in [0.15, 0.2) is 0 Å². The molecule has 30 rings (SSSR count). The van der Waals surface area contributed by atoms with Crippen molar-refractivity contribution >= 4 is 0 Å². The fraction of sp³-hybridized carbons (Fsp3) is 1.00. The van der Waals surface area contributed by atoms with Gasteiger partial charge in [0.15, 0.2) is 50.3 Å². The van der Waals surface area contributed by atoms with Crippen LogP contribution < -0.4 is 0 Å². The summed E-state index contributed by atoms with van der Waals surface area (Å²) in [5.41, 5.74) is 0. The lowest BCUT2D eigenvalue weighted by atomic mass is 9.94. The van der Waals surface area contributed by atoms with Gasteiger partial charge in [-0.3, -0.25) is 0 Å². The van der Waals surface area contributed by atoms with E-state index in [0.717, 1.165) is 0 Å². The van der Waals surface area contributed by atoms with Crippen molar-refractivity contribution in [3.63, 3.8) is 0 Å². The van der Waals surface area contributed by atoms with Gasteiger partial charge in [-0.05, 0) is 0 Å². The van der Waals surface area contributed by atoms with Crippen molar-refractivity contribution in [3.05, 3.63) is 0 Å². The van der Waals surface area contributed by atoms with Gasteiger partial charge in [-0.15, -0.1) is 0 Å². The molecule has 24 N–H and O–H groups in total. The van der Waals surface area contributed by atoms with Gasteiger partial charge in [0, 0.05) is 0 Å². The molecule has 16 bridgehead atoms. The fourth-order valence-corrected chi connectivity index (χ4v) is 11.9. The van der Waals surface area contributed by atoms with Crippen LogP contribution in [0, 0.1) is 0 Å². The molecule has 88 heavy (non-hydrogen) atoms. The first-order chi connectivity index (χ1) is 41.9. The third kappa shape index (κ3) is 13.8. The van der Waals surface area contributed by atoms with Gasteiger partial charge >= 0.3 is 0 Å². The lowest BCUT2D eigenvalue weighted by molar-refractivity contribution is -0.404. The molecule has 40 atom stereocenters. The number of aliphatic hydroxyl groups is 24. The Bertz CT molecular complexity index is 1700. The molecule has 16 unspecified atom stereocenters. The van der Waals surface area contributed by atoms with Crippen LogP contribution >= 0.6 is 0 Å². The van der Waals surface area contributed by atoms with Crippen LogP contribution in [-0.4, -0.2) is 421 Å². The summed E-state index contributed by atoms with van der Waals surface area (Å²) in [5.74, 6) is 0. The van der Waals surface area contributed by atoms with E-state index in [1.165, 1.54) is 0 Å². The highest BCUT2D eigenvalue weighted by Gasteiger charge is 2.60. The summed E-state index contributed by atoms with van der Waals surface area (Å²) in [4.78, 5) is 0. The van der Waals surface area contributed by atoms with Gasteiger partial charge in [0.25, 0.3) is 0 Å². The maximum atomic E-state index is 11.4. The second kappa shape index (κ2) is 30.0. The van der Waals surface area contributed by atoms with E-state index < -0.39 is 299 Å². The summed E-state index contributed by atoms with van der Waals surface area (Å²) in [7, 11) is 0. The van der Waals surface area contributed by atoms with Crippen molar-refractivity contribution in [2.24, 2.45) is 0 Å². The van der Waals surface area contributed by atoms with Crippen LogP contribution in [0.4, 0.5) is 0 Å². The van der Waals surface area contributed by atoms with Crippen LogP contribution in [0.2, 0.25) is 0 Å². The van der Waals surface area contributed by atoms with Crippen molar-refractivity contribution in [2.75, 3.05) is 52.9 Å². The van der Waals surface area contributed by atoms with Crippen LogP contribution in [-0.2, 0) is 75.8 Å². The zero-order chi connectivity index (χ0) is 64.1. The molecule has 30 heterocycles. The Kier molecular flexibility index (Phi) is 24.1. The molecule has 30 fully saturated rings. The molecular formula is C48H80O40. The minimum Gasteiger partial charge on any atom is -0.394 e. The van der Waals surface area contributed by atoms with Crippen molar-refractivity contribution < 1.29 is 198 Å². The van der Waals surface area contributed by atoms with Crippen LogP contribution in [0.5, 0.6) is 0 Å². The number of aliphatic hydroxyl groups excluding tert-OH is 24. The van der Waals surface area contributed by atoms with Crippen molar-refractivity contribution in [2.45, 2.75) is 246 Å². The highest BCUT2D eigenvalue weighted by Crippen LogP contribution is 2.40. The van der Waals surface area contributed by atoms with Gasteiger partial charge in [0.1, 0.15) is 195 Å². The topological polar surface area (TPSA) is 633 Å². The Morgan fingerprint density at radius 2 is 0.227 bits per heavy atom. The predicted octanol–water partition coefficient (Wildman–Crippen LogP) is -17.4. The zero-order valence-corrected chi connectivity index (χ0v) is 46.0. The van der Waals surface area contributed by atoms with Gasteiger partial charge < -0.3 is 198 Å². The fourth-order valence-electron chi connectivity index (χ4n) is 11.9. The maximum Gasteiger partial charge on any atom is 0.187 e. The largest absolute Gasteiger partial charge is 0.394 e. The van der Waals surface area contributed by atoms with E-state index in [4.69, 9.17) is 75.8 Å². The minimum atomic E-state index is -2.25. The minimum absolute atomic E-state index is 1.08. The summed E-state index contributed by atoms with van der Waals surface area (Å²) in [6.07, 6.45) is -82.0. The molecular weight excluding hydrogens is 1220 g/mol. The average Bonchev–Trinajstić information content (AvgIpc) is 0.985. The molecule has 0 amide bonds. The van der Waals surface area contributed by atoms with Crippen LogP contribution in [0.25, 0.3) is 0 Å². The highest BCUT2D eigenvalue weighted by atomic mass is 16.8. The quantitative estimate of drug-likeness (QED) is 0.107. The molecule has 0 aliphatic carbocycles. The van der Waals surface area contributed by atoms with Crippen LogP contribution in [0.3, 0.4) is 0 Å². The third-order valence-corrected chi connectivity index (χ3v) is 16.9. The van der Waals surface area contributed by atoms with E-state index in [9.17, 15) is 123 Å². The summed E-state index contributed by atoms with van der Waals surface area (Å²) in [6, 6.07) is 0. The predicted molar refractivity (Wildman–Crippen MR) is 261 cm³/mol. The van der Waals surface area contributed by atoms with E-state index in [2.05, 4.69) is 0 Å². The molecule has 0 spiro atoms. The van der Waals surface area contributed by atoms with Gasteiger partial charge in [-0.1, -0.05) is 0 Å². The SMILES string of the molecule is OCC1OC2O[C@@H]3C(CO)O[C@H](O[C@@H]4C(CO)O[C@@H](O[C@@H]5C(CO)O[C@H](O[C@@H]6C(CO)O[C@H](O[C@@H]7C(CO)O[C@H](O[C@@H]8C(CO)O[C@H](O[C@@H]9C(CO)O[C@H](O[C@H]1[C@H](O)[C@@H]2O)C(O)[C@H]9O)C(O)[C@H]8O)C(O)[C@H]7O)C(O)[C@H]6O)C(O)[C@H]5O)C(O)[C@H]4O)C(O)[C@H]3O. The van der Waals surface area contributed by atoms with Gasteiger partial charge in [-0.2, -0.15) is 0 Å². The summed E-state index contributed by atoms with van der Waals surface area (Å²) >= 11 is 0. The van der Waals surface area contributed by atoms with E-state index in [0.29, 0.717) is 0 Å². The molecule has 0 aromatic rings. The Morgan fingerprint density at radius 3 is 0.307 bits per heavy atom. The molecule has 0 aromatic heterocycles. The first kappa shape index (κ1) is 70.7. The van der Waals surface area contributed by atoms with Crippen molar-refractivity contribution in [1.29, 1.82) is 0 Å². The average molecular weight is 1300 g/mol. The molecule has 512 valence electrons. The normalized spacial score (nSPS) is 55.4. The molecule has 30 aliphatic rings. The van der Waals surface area contributed by atoms with E-state index in [-0.39, 0.29) is 0 Å². The molecule has 30 aliphatic heterocycles. The molecule has 0 radical (unpaired) electrons. The van der Waals surface area contributed by atoms with Crippen molar-refractivity contribution in [1.82, 2.24) is 0 Å². The zero-order valence-electron chi connectivity index (χ0n) is 46.0.